The summed E-state index contributed by atoms with van der Waals surface area (Å²) in [5.74, 6) is 1.67. The Morgan fingerprint density at radius 2 is 1.85 bits per heavy atom. The lowest BCUT2D eigenvalue weighted by molar-refractivity contribution is -0.113. The molecule has 0 spiro atoms. The van der Waals surface area contributed by atoms with Gasteiger partial charge in [0.2, 0.25) is 11.7 Å². The number of furan rings is 1. The van der Waals surface area contributed by atoms with Gasteiger partial charge in [0.1, 0.15) is 0 Å². The van der Waals surface area contributed by atoms with Gasteiger partial charge in [0.25, 0.3) is 0 Å². The second-order valence-corrected chi connectivity index (χ2v) is 9.37. The van der Waals surface area contributed by atoms with Crippen molar-refractivity contribution in [3.63, 3.8) is 0 Å². The number of aromatic nitrogens is 3. The minimum Gasteiger partial charge on any atom is -0.461 e. The van der Waals surface area contributed by atoms with E-state index in [4.69, 9.17) is 9.15 Å². The highest BCUT2D eigenvalue weighted by atomic mass is 32.2. The molecule has 1 aliphatic carbocycles. The van der Waals surface area contributed by atoms with E-state index in [1.165, 1.54) is 31.0 Å². The van der Waals surface area contributed by atoms with Crippen LogP contribution in [0.3, 0.4) is 0 Å². The van der Waals surface area contributed by atoms with Gasteiger partial charge in [0.05, 0.1) is 25.2 Å². The van der Waals surface area contributed by atoms with Gasteiger partial charge in [-0.3, -0.25) is 9.36 Å². The number of ether oxygens (including phenoxy) is 1. The first-order chi connectivity index (χ1) is 16.3. The minimum atomic E-state index is -0.0585. The van der Waals surface area contributed by atoms with Crippen LogP contribution in [0.4, 0.5) is 11.4 Å². The number of carbonyl (C=O) groups excluding carboxylic acids is 1. The van der Waals surface area contributed by atoms with Gasteiger partial charge in [0, 0.05) is 30.5 Å². The largest absolute Gasteiger partial charge is 0.461 e. The van der Waals surface area contributed by atoms with E-state index in [2.05, 4.69) is 25.0 Å². The molecular formula is C24H29N5O3S. The lowest BCUT2D eigenvalue weighted by atomic mass is 9.95. The van der Waals surface area contributed by atoms with Crippen molar-refractivity contribution >= 4 is 29.0 Å². The predicted octanol–water partition coefficient (Wildman–Crippen LogP) is 4.61. The number of hydrogen-bond donors (Lipinski definition) is 1. The summed E-state index contributed by atoms with van der Waals surface area (Å²) in [6, 6.07) is 12.1. The standard InChI is InChI=1S/C24H29N5O3S/c30-22(25-18-8-10-19(11-9-18)28-12-15-31-16-13-28)17-33-24-27-26-23(21-7-4-14-32-21)29(24)20-5-2-1-3-6-20/h4,7-11,14,20H,1-3,5-6,12-13,15-17H2,(H,25,30). The van der Waals surface area contributed by atoms with Crippen LogP contribution >= 0.6 is 11.8 Å². The SMILES string of the molecule is O=C(CSc1nnc(-c2ccco2)n1C1CCCCC1)Nc1ccc(N2CCOCC2)cc1. The van der Waals surface area contributed by atoms with Crippen molar-refractivity contribution in [2.75, 3.05) is 42.3 Å². The first-order valence-corrected chi connectivity index (χ1v) is 12.6. The van der Waals surface area contributed by atoms with Crippen LogP contribution in [0.5, 0.6) is 0 Å². The van der Waals surface area contributed by atoms with Gasteiger partial charge in [-0.1, -0.05) is 31.0 Å². The highest BCUT2D eigenvalue weighted by molar-refractivity contribution is 7.99. The van der Waals surface area contributed by atoms with Crippen LogP contribution in [0.2, 0.25) is 0 Å². The van der Waals surface area contributed by atoms with Gasteiger partial charge in [-0.05, 0) is 49.2 Å². The molecule has 1 saturated carbocycles. The highest BCUT2D eigenvalue weighted by Crippen LogP contribution is 2.35. The van der Waals surface area contributed by atoms with Gasteiger partial charge < -0.3 is 19.4 Å². The lowest BCUT2D eigenvalue weighted by Gasteiger charge is -2.28. The third kappa shape index (κ3) is 5.25. The molecule has 0 radical (unpaired) electrons. The van der Waals surface area contributed by atoms with Crippen LogP contribution in [0.1, 0.15) is 38.1 Å². The molecule has 1 aliphatic heterocycles. The number of carbonyl (C=O) groups is 1. The quantitative estimate of drug-likeness (QED) is 0.508. The Morgan fingerprint density at radius 1 is 1.06 bits per heavy atom. The molecule has 3 heterocycles. The molecule has 3 aromatic rings. The van der Waals surface area contributed by atoms with Crippen LogP contribution in [-0.4, -0.2) is 52.7 Å². The molecule has 5 rings (SSSR count). The molecule has 1 saturated heterocycles. The van der Waals surface area contributed by atoms with E-state index in [1.807, 2.05) is 36.4 Å². The first-order valence-electron chi connectivity index (χ1n) is 11.6. The van der Waals surface area contributed by atoms with E-state index in [0.717, 1.165) is 61.5 Å². The molecule has 9 heteroatoms. The molecule has 33 heavy (non-hydrogen) atoms. The maximum atomic E-state index is 12.7. The van der Waals surface area contributed by atoms with Gasteiger partial charge in [-0.2, -0.15) is 0 Å². The molecule has 2 aliphatic rings. The van der Waals surface area contributed by atoms with Crippen molar-refractivity contribution in [1.82, 2.24) is 14.8 Å². The molecule has 8 nitrogen and oxygen atoms in total. The summed E-state index contributed by atoms with van der Waals surface area (Å²) in [6.45, 7) is 3.29. The molecule has 2 aromatic heterocycles. The summed E-state index contributed by atoms with van der Waals surface area (Å²) in [4.78, 5) is 15.0. The molecule has 0 atom stereocenters. The molecule has 174 valence electrons. The molecular weight excluding hydrogens is 438 g/mol. The van der Waals surface area contributed by atoms with Crippen LogP contribution < -0.4 is 10.2 Å². The highest BCUT2D eigenvalue weighted by Gasteiger charge is 2.25. The third-order valence-corrected chi connectivity index (χ3v) is 7.15. The number of amides is 1. The normalized spacial score (nSPS) is 17.3. The topological polar surface area (TPSA) is 85.4 Å². The number of nitrogens with zero attached hydrogens (tertiary/aromatic N) is 4. The Morgan fingerprint density at radius 3 is 2.58 bits per heavy atom. The number of morpholine rings is 1. The van der Waals surface area contributed by atoms with E-state index in [9.17, 15) is 4.79 Å². The van der Waals surface area contributed by atoms with Crippen LogP contribution in [0.15, 0.2) is 52.2 Å². The number of hydrogen-bond acceptors (Lipinski definition) is 7. The minimum absolute atomic E-state index is 0.0585. The molecule has 1 amide bonds. The summed E-state index contributed by atoms with van der Waals surface area (Å²) in [5.41, 5.74) is 1.94. The van der Waals surface area contributed by atoms with Crippen molar-refractivity contribution in [1.29, 1.82) is 0 Å². The molecule has 1 N–H and O–H groups in total. The predicted molar refractivity (Wildman–Crippen MR) is 129 cm³/mol. The zero-order chi connectivity index (χ0) is 22.5. The summed E-state index contributed by atoms with van der Waals surface area (Å²) >= 11 is 1.43. The van der Waals surface area contributed by atoms with Crippen LogP contribution in [-0.2, 0) is 9.53 Å². The monoisotopic (exact) mass is 467 g/mol. The van der Waals surface area contributed by atoms with E-state index in [1.54, 1.807) is 6.26 Å². The van der Waals surface area contributed by atoms with Crippen LogP contribution in [0.25, 0.3) is 11.6 Å². The smallest absolute Gasteiger partial charge is 0.234 e. The Labute approximate surface area is 197 Å². The maximum Gasteiger partial charge on any atom is 0.234 e. The van der Waals surface area contributed by atoms with E-state index < -0.39 is 0 Å². The van der Waals surface area contributed by atoms with Crippen molar-refractivity contribution in [3.05, 3.63) is 42.7 Å². The van der Waals surface area contributed by atoms with E-state index >= 15 is 0 Å². The average Bonchev–Trinajstić information content (AvgIpc) is 3.54. The fraction of sp³-hybridized carbons (Fsp3) is 0.458. The van der Waals surface area contributed by atoms with Crippen molar-refractivity contribution < 1.29 is 13.9 Å². The summed E-state index contributed by atoms with van der Waals surface area (Å²) in [6.07, 6.45) is 7.52. The Balaban J connectivity index is 1.23. The van der Waals surface area contributed by atoms with Gasteiger partial charge >= 0.3 is 0 Å². The summed E-state index contributed by atoms with van der Waals surface area (Å²) in [7, 11) is 0. The van der Waals surface area contributed by atoms with Gasteiger partial charge in [0.15, 0.2) is 10.9 Å². The Kier molecular flexibility index (Phi) is 6.97. The van der Waals surface area contributed by atoms with Gasteiger partial charge in [-0.25, -0.2) is 0 Å². The Bertz CT molecular complexity index is 1040. The second-order valence-electron chi connectivity index (χ2n) is 8.43. The molecule has 0 bridgehead atoms. The summed E-state index contributed by atoms with van der Waals surface area (Å²) in [5, 5.41) is 12.6. The van der Waals surface area contributed by atoms with Crippen molar-refractivity contribution in [2.45, 2.75) is 43.3 Å². The number of rotatable bonds is 7. The fourth-order valence-corrected chi connectivity index (χ4v) is 5.33. The number of nitrogens with one attached hydrogen (secondary N) is 1. The zero-order valence-electron chi connectivity index (χ0n) is 18.6. The van der Waals surface area contributed by atoms with E-state index in [-0.39, 0.29) is 11.7 Å². The van der Waals surface area contributed by atoms with E-state index in [0.29, 0.717) is 11.8 Å². The van der Waals surface area contributed by atoms with Crippen LogP contribution in [0, 0.1) is 0 Å². The second kappa shape index (κ2) is 10.4. The summed E-state index contributed by atoms with van der Waals surface area (Å²) < 4.78 is 13.2. The van der Waals surface area contributed by atoms with Crippen molar-refractivity contribution in [2.24, 2.45) is 0 Å². The average molecular weight is 468 g/mol. The zero-order valence-corrected chi connectivity index (χ0v) is 19.4. The number of benzene rings is 1. The fourth-order valence-electron chi connectivity index (χ4n) is 4.52. The maximum absolute atomic E-state index is 12.7. The lowest BCUT2D eigenvalue weighted by Crippen LogP contribution is -2.36. The molecule has 1 aromatic carbocycles. The molecule has 2 fully saturated rings. The molecule has 0 unspecified atom stereocenters. The van der Waals surface area contributed by atoms with Crippen molar-refractivity contribution in [3.8, 4) is 11.6 Å². The third-order valence-electron chi connectivity index (χ3n) is 6.21. The Hall–Kier alpha value is -2.78. The first kappa shape index (κ1) is 22.0. The number of thioether (sulfide) groups is 1. The van der Waals surface area contributed by atoms with Gasteiger partial charge in [-0.15, -0.1) is 10.2 Å². The number of anilines is 2.